The molecule has 0 unspecified atom stereocenters. The van der Waals surface area contributed by atoms with Gasteiger partial charge in [0.2, 0.25) is 0 Å². The molecule has 0 amide bonds. The van der Waals surface area contributed by atoms with Gasteiger partial charge in [-0.05, 0) is 7.05 Å². The molecule has 0 bridgehead atoms. The van der Waals surface area contributed by atoms with Crippen LogP contribution in [0.4, 0.5) is 18.3 Å². The first-order chi connectivity index (χ1) is 5.95. The van der Waals surface area contributed by atoms with Crippen LogP contribution in [0.1, 0.15) is 10.6 Å². The van der Waals surface area contributed by atoms with E-state index in [-0.39, 0.29) is 16.6 Å². The van der Waals surface area contributed by atoms with Crippen LogP contribution in [-0.2, 0) is 12.7 Å². The fourth-order valence-corrected chi connectivity index (χ4v) is 1.74. The maximum Gasteiger partial charge on any atom is 0.434 e. The minimum atomic E-state index is -4.42. The van der Waals surface area contributed by atoms with Crippen LogP contribution in [0.15, 0.2) is 0 Å². The molecule has 74 valence electrons. The van der Waals surface area contributed by atoms with Gasteiger partial charge in [-0.3, -0.25) is 0 Å². The Morgan fingerprint density at radius 1 is 1.54 bits per heavy atom. The summed E-state index contributed by atoms with van der Waals surface area (Å²) < 4.78 is 36.7. The zero-order chi connectivity index (χ0) is 10.1. The van der Waals surface area contributed by atoms with E-state index in [0.29, 0.717) is 0 Å². The predicted octanol–water partition coefficient (Wildman–Crippen LogP) is 1.46. The van der Waals surface area contributed by atoms with Crippen LogP contribution in [0.25, 0.3) is 0 Å². The highest BCUT2D eigenvalue weighted by Gasteiger charge is 2.36. The summed E-state index contributed by atoms with van der Waals surface area (Å²) in [5.41, 5.74) is 4.30. The lowest BCUT2D eigenvalue weighted by Crippen LogP contribution is -2.12. The van der Waals surface area contributed by atoms with Gasteiger partial charge >= 0.3 is 6.18 Å². The van der Waals surface area contributed by atoms with Gasteiger partial charge in [0.1, 0.15) is 0 Å². The highest BCUT2D eigenvalue weighted by atomic mass is 32.1. The number of nitrogens with one attached hydrogen (secondary N) is 1. The van der Waals surface area contributed by atoms with E-state index in [0.717, 1.165) is 11.3 Å². The fourth-order valence-electron chi connectivity index (χ4n) is 0.872. The molecule has 13 heavy (non-hydrogen) atoms. The first kappa shape index (κ1) is 10.3. The van der Waals surface area contributed by atoms with Crippen LogP contribution in [0.5, 0.6) is 0 Å². The van der Waals surface area contributed by atoms with Crippen molar-refractivity contribution >= 4 is 16.5 Å². The Balaban J connectivity index is 3.04. The molecule has 0 aliphatic carbocycles. The molecule has 0 saturated heterocycles. The number of rotatable bonds is 2. The van der Waals surface area contributed by atoms with Crippen molar-refractivity contribution in [1.29, 1.82) is 0 Å². The molecule has 0 atom stereocenters. The number of nitrogen functional groups attached to an aromatic ring is 1. The number of hydrogen-bond acceptors (Lipinski definition) is 4. The lowest BCUT2D eigenvalue weighted by molar-refractivity contribution is -0.141. The van der Waals surface area contributed by atoms with Crippen molar-refractivity contribution in [3.05, 3.63) is 10.6 Å². The average molecular weight is 211 g/mol. The van der Waals surface area contributed by atoms with E-state index in [1.54, 1.807) is 7.05 Å². The molecule has 1 aromatic rings. The maximum absolute atomic E-state index is 12.2. The topological polar surface area (TPSA) is 50.9 Å². The number of alkyl halides is 3. The number of aromatic nitrogens is 1. The molecule has 0 aromatic carbocycles. The Bertz CT molecular complexity index is 294. The molecule has 0 aliphatic rings. The molecule has 0 aliphatic heterocycles. The maximum atomic E-state index is 12.2. The summed E-state index contributed by atoms with van der Waals surface area (Å²) in [6.07, 6.45) is -4.42. The van der Waals surface area contributed by atoms with Crippen LogP contribution in [0.3, 0.4) is 0 Å². The number of halogens is 3. The molecule has 1 heterocycles. The summed E-state index contributed by atoms with van der Waals surface area (Å²) in [4.78, 5) is 3.35. The summed E-state index contributed by atoms with van der Waals surface area (Å²) in [5, 5.41) is 2.57. The number of nitrogens with zero attached hydrogens (tertiary/aromatic N) is 1. The molecule has 1 aromatic heterocycles. The number of nitrogens with two attached hydrogens (primary N) is 1. The van der Waals surface area contributed by atoms with Gasteiger partial charge < -0.3 is 11.1 Å². The van der Waals surface area contributed by atoms with Gasteiger partial charge in [-0.1, -0.05) is 0 Å². The van der Waals surface area contributed by atoms with Crippen molar-refractivity contribution in [1.82, 2.24) is 10.3 Å². The molecule has 1 rings (SSSR count). The third-order valence-electron chi connectivity index (χ3n) is 1.32. The molecule has 3 nitrogen and oxygen atoms in total. The highest BCUT2D eigenvalue weighted by Crippen LogP contribution is 2.34. The number of thiazole rings is 1. The first-order valence-corrected chi connectivity index (χ1v) is 4.23. The van der Waals surface area contributed by atoms with Crippen molar-refractivity contribution in [2.24, 2.45) is 0 Å². The lowest BCUT2D eigenvalue weighted by atomic mass is 10.3. The molecule has 0 fully saturated rings. The Morgan fingerprint density at radius 3 is 2.62 bits per heavy atom. The SMILES string of the molecule is CNCc1sc(N)nc1C(F)(F)F. The minimum Gasteiger partial charge on any atom is -0.375 e. The van der Waals surface area contributed by atoms with E-state index >= 15 is 0 Å². The highest BCUT2D eigenvalue weighted by molar-refractivity contribution is 7.15. The molecular weight excluding hydrogens is 203 g/mol. The van der Waals surface area contributed by atoms with Crippen LogP contribution < -0.4 is 11.1 Å². The van der Waals surface area contributed by atoms with Gasteiger partial charge in [0.15, 0.2) is 10.8 Å². The second-order valence-corrected chi connectivity index (χ2v) is 3.47. The smallest absolute Gasteiger partial charge is 0.375 e. The standard InChI is InChI=1S/C6H8F3N3S/c1-11-2-3-4(6(7,8)9)12-5(10)13-3/h11H,2H2,1H3,(H2,10,12). The summed E-state index contributed by atoms with van der Waals surface area (Å²) >= 11 is 0.850. The zero-order valence-corrected chi connectivity index (χ0v) is 7.59. The van der Waals surface area contributed by atoms with Gasteiger partial charge in [0.25, 0.3) is 0 Å². The second-order valence-electron chi connectivity index (χ2n) is 2.35. The van der Waals surface area contributed by atoms with E-state index in [1.807, 2.05) is 0 Å². The number of anilines is 1. The largest absolute Gasteiger partial charge is 0.434 e. The Hall–Kier alpha value is -0.820. The molecule has 3 N–H and O–H groups in total. The van der Waals surface area contributed by atoms with Crippen LogP contribution in [0.2, 0.25) is 0 Å². The summed E-state index contributed by atoms with van der Waals surface area (Å²) in [5.74, 6) is 0. The van der Waals surface area contributed by atoms with Gasteiger partial charge in [-0.15, -0.1) is 11.3 Å². The first-order valence-electron chi connectivity index (χ1n) is 3.42. The van der Waals surface area contributed by atoms with Gasteiger partial charge in [-0.2, -0.15) is 13.2 Å². The molecule has 0 radical (unpaired) electrons. The summed E-state index contributed by atoms with van der Waals surface area (Å²) in [7, 11) is 1.57. The van der Waals surface area contributed by atoms with Crippen molar-refractivity contribution in [2.75, 3.05) is 12.8 Å². The van der Waals surface area contributed by atoms with Gasteiger partial charge in [0, 0.05) is 6.54 Å². The summed E-state index contributed by atoms with van der Waals surface area (Å²) in [6.45, 7) is 0.129. The molecule has 0 saturated carbocycles. The average Bonchev–Trinajstić information content (AvgIpc) is 2.30. The molecule has 7 heteroatoms. The van der Waals surface area contributed by atoms with Crippen LogP contribution in [0, 0.1) is 0 Å². The predicted molar refractivity (Wildman–Crippen MR) is 44.3 cm³/mol. The van der Waals surface area contributed by atoms with Crippen molar-refractivity contribution < 1.29 is 13.2 Å². The van der Waals surface area contributed by atoms with Crippen LogP contribution in [-0.4, -0.2) is 12.0 Å². The quantitative estimate of drug-likeness (QED) is 0.778. The minimum absolute atomic E-state index is 0.0578. The van der Waals surface area contributed by atoms with Crippen molar-refractivity contribution in [3.63, 3.8) is 0 Å². The van der Waals surface area contributed by atoms with Gasteiger partial charge in [-0.25, -0.2) is 4.98 Å². The third kappa shape index (κ3) is 2.31. The van der Waals surface area contributed by atoms with E-state index in [2.05, 4.69) is 10.3 Å². The second kappa shape index (κ2) is 3.51. The Morgan fingerprint density at radius 2 is 2.15 bits per heavy atom. The third-order valence-corrected chi connectivity index (χ3v) is 2.20. The normalized spacial score (nSPS) is 12.0. The van der Waals surface area contributed by atoms with E-state index in [9.17, 15) is 13.2 Å². The molecular formula is C6H8F3N3S. The molecule has 0 spiro atoms. The van der Waals surface area contributed by atoms with E-state index in [4.69, 9.17) is 5.73 Å². The van der Waals surface area contributed by atoms with E-state index < -0.39 is 11.9 Å². The van der Waals surface area contributed by atoms with Crippen molar-refractivity contribution in [2.45, 2.75) is 12.7 Å². The monoisotopic (exact) mass is 211 g/mol. The van der Waals surface area contributed by atoms with Gasteiger partial charge in [0.05, 0.1) is 4.88 Å². The summed E-state index contributed by atoms with van der Waals surface area (Å²) in [6, 6.07) is 0. The zero-order valence-electron chi connectivity index (χ0n) is 6.77. The Labute approximate surface area is 76.8 Å². The Kier molecular flexibility index (Phi) is 2.77. The number of hydrogen-bond donors (Lipinski definition) is 2. The van der Waals surface area contributed by atoms with Crippen LogP contribution >= 0.6 is 11.3 Å². The van der Waals surface area contributed by atoms with Crippen molar-refractivity contribution in [3.8, 4) is 0 Å². The van der Waals surface area contributed by atoms with E-state index in [1.165, 1.54) is 0 Å². The fraction of sp³-hybridized carbons (Fsp3) is 0.500. The lowest BCUT2D eigenvalue weighted by Gasteiger charge is -2.04.